The van der Waals surface area contributed by atoms with Gasteiger partial charge in [-0.25, -0.2) is 4.98 Å². The first-order valence-corrected chi connectivity index (χ1v) is 11.6. The second kappa shape index (κ2) is 9.58. The van der Waals surface area contributed by atoms with Crippen LogP contribution < -0.4 is 10.6 Å². The second-order valence-corrected chi connectivity index (χ2v) is 8.47. The summed E-state index contributed by atoms with van der Waals surface area (Å²) >= 11 is 0. The van der Waals surface area contributed by atoms with Crippen LogP contribution in [0, 0.1) is 0 Å². The van der Waals surface area contributed by atoms with E-state index in [1.165, 1.54) is 12.8 Å². The molecule has 3 N–H and O–H groups in total. The van der Waals surface area contributed by atoms with Crippen LogP contribution in [0.2, 0.25) is 0 Å². The Balaban J connectivity index is 1.41. The van der Waals surface area contributed by atoms with Gasteiger partial charge in [-0.15, -0.1) is 0 Å². The van der Waals surface area contributed by atoms with E-state index in [-0.39, 0.29) is 12.6 Å². The lowest BCUT2D eigenvalue weighted by atomic mass is 10.2. The Morgan fingerprint density at radius 1 is 1.18 bits per heavy atom. The maximum atomic E-state index is 9.64. The molecule has 1 saturated carbocycles. The quantitative estimate of drug-likeness (QED) is 0.346. The van der Waals surface area contributed by atoms with E-state index in [0.29, 0.717) is 24.4 Å². The lowest BCUT2D eigenvalue weighted by molar-refractivity contribution is 0.271. The summed E-state index contributed by atoms with van der Waals surface area (Å²) in [5.74, 6) is 1.91. The number of imidazole rings is 1. The summed E-state index contributed by atoms with van der Waals surface area (Å²) in [5.41, 5.74) is 3.39. The minimum Gasteiger partial charge on any atom is -0.463 e. The molecular formula is C24H29N7O2. The Labute approximate surface area is 192 Å². The highest BCUT2D eigenvalue weighted by Crippen LogP contribution is 2.33. The Morgan fingerprint density at radius 3 is 2.76 bits per heavy atom. The van der Waals surface area contributed by atoms with Crippen molar-refractivity contribution in [3.8, 4) is 11.5 Å². The zero-order valence-corrected chi connectivity index (χ0v) is 18.7. The lowest BCUT2D eigenvalue weighted by Crippen LogP contribution is -2.24. The molecule has 0 radical (unpaired) electrons. The lowest BCUT2D eigenvalue weighted by Gasteiger charge is -2.17. The number of anilines is 2. The molecule has 9 heteroatoms. The predicted octanol–water partition coefficient (Wildman–Crippen LogP) is 4.39. The average Bonchev–Trinajstić information content (AvgIpc) is 3.62. The summed E-state index contributed by atoms with van der Waals surface area (Å²) in [5, 5.41) is 16.3. The van der Waals surface area contributed by atoms with Gasteiger partial charge in [-0.1, -0.05) is 25.8 Å². The number of nitrogens with one attached hydrogen (secondary N) is 2. The molecule has 1 aliphatic rings. The third kappa shape index (κ3) is 4.54. The maximum Gasteiger partial charge on any atom is 0.227 e. The molecule has 0 unspecified atom stereocenters. The fourth-order valence-electron chi connectivity index (χ4n) is 4.30. The van der Waals surface area contributed by atoms with Gasteiger partial charge in [0.05, 0.1) is 25.2 Å². The number of furan rings is 1. The van der Waals surface area contributed by atoms with Crippen LogP contribution in [-0.4, -0.2) is 42.3 Å². The summed E-state index contributed by atoms with van der Waals surface area (Å²) in [4.78, 5) is 18.6. The highest BCUT2D eigenvalue weighted by atomic mass is 16.3. The number of aliphatic hydroxyl groups is 1. The van der Waals surface area contributed by atoms with E-state index in [2.05, 4.69) is 25.2 Å². The monoisotopic (exact) mass is 447 g/mol. The van der Waals surface area contributed by atoms with Gasteiger partial charge in [-0.3, -0.25) is 4.98 Å². The maximum absolute atomic E-state index is 9.64. The highest BCUT2D eigenvalue weighted by Gasteiger charge is 2.22. The van der Waals surface area contributed by atoms with Gasteiger partial charge in [0.1, 0.15) is 5.69 Å². The van der Waals surface area contributed by atoms with Crippen molar-refractivity contribution >= 4 is 22.9 Å². The molecule has 0 bridgehead atoms. The Kier molecular flexibility index (Phi) is 6.21. The van der Waals surface area contributed by atoms with E-state index in [1.54, 1.807) is 6.26 Å². The predicted molar refractivity (Wildman–Crippen MR) is 127 cm³/mol. The van der Waals surface area contributed by atoms with Crippen molar-refractivity contribution in [3.63, 3.8) is 0 Å². The number of rotatable bonds is 9. The number of hydrogen-bond donors (Lipinski definition) is 3. The number of aromatic nitrogens is 5. The van der Waals surface area contributed by atoms with Crippen LogP contribution in [0.3, 0.4) is 0 Å². The first-order valence-electron chi connectivity index (χ1n) is 11.6. The number of pyridine rings is 1. The fraction of sp³-hybridized carbons (Fsp3) is 0.417. The van der Waals surface area contributed by atoms with E-state index in [4.69, 9.17) is 14.4 Å². The molecule has 0 spiro atoms. The van der Waals surface area contributed by atoms with Gasteiger partial charge < -0.3 is 24.7 Å². The van der Waals surface area contributed by atoms with Crippen LogP contribution in [0.25, 0.3) is 22.6 Å². The SMILES string of the molecule is CC[C@H](CO)Nc1nc(NCc2ccc(-c3ccco3)nc2)c2ncn(C3CCCC3)c2n1. The van der Waals surface area contributed by atoms with Crippen molar-refractivity contribution in [1.29, 1.82) is 0 Å². The Hall–Kier alpha value is -3.46. The van der Waals surface area contributed by atoms with Crippen molar-refractivity contribution in [3.05, 3.63) is 48.6 Å². The van der Waals surface area contributed by atoms with Crippen molar-refractivity contribution in [2.75, 3.05) is 17.2 Å². The van der Waals surface area contributed by atoms with E-state index in [1.807, 2.05) is 43.7 Å². The molecule has 0 aliphatic heterocycles. The second-order valence-electron chi connectivity index (χ2n) is 8.47. The minimum absolute atomic E-state index is 0.0240. The normalized spacial score (nSPS) is 15.2. The topological polar surface area (TPSA) is 114 Å². The van der Waals surface area contributed by atoms with E-state index in [9.17, 15) is 5.11 Å². The summed E-state index contributed by atoms with van der Waals surface area (Å²) in [7, 11) is 0. The Morgan fingerprint density at radius 2 is 2.06 bits per heavy atom. The minimum atomic E-state index is -0.100. The molecule has 0 saturated heterocycles. The number of nitrogens with zero attached hydrogens (tertiary/aromatic N) is 5. The summed E-state index contributed by atoms with van der Waals surface area (Å²) in [6.07, 6.45) is 10.9. The molecule has 9 nitrogen and oxygen atoms in total. The summed E-state index contributed by atoms with van der Waals surface area (Å²) < 4.78 is 7.59. The molecule has 172 valence electrons. The summed E-state index contributed by atoms with van der Waals surface area (Å²) in [6, 6.07) is 8.03. The molecule has 1 fully saturated rings. The van der Waals surface area contributed by atoms with Crippen LogP contribution in [0.5, 0.6) is 0 Å². The summed E-state index contributed by atoms with van der Waals surface area (Å²) in [6.45, 7) is 2.59. The van der Waals surface area contributed by atoms with Gasteiger partial charge in [0.2, 0.25) is 5.95 Å². The largest absolute Gasteiger partial charge is 0.463 e. The fourth-order valence-corrected chi connectivity index (χ4v) is 4.30. The molecule has 0 aromatic carbocycles. The highest BCUT2D eigenvalue weighted by molar-refractivity contribution is 5.84. The van der Waals surface area contributed by atoms with Gasteiger partial charge in [-0.2, -0.15) is 9.97 Å². The zero-order valence-electron chi connectivity index (χ0n) is 18.7. The first-order chi connectivity index (χ1) is 16.2. The first kappa shape index (κ1) is 21.4. The van der Waals surface area contributed by atoms with Crippen LogP contribution in [0.15, 0.2) is 47.5 Å². The van der Waals surface area contributed by atoms with Gasteiger partial charge in [0.25, 0.3) is 0 Å². The van der Waals surface area contributed by atoms with Gasteiger partial charge in [0.15, 0.2) is 22.7 Å². The van der Waals surface area contributed by atoms with Crippen LogP contribution in [0.1, 0.15) is 50.6 Å². The standard InChI is InChI=1S/C24H29N7O2/c1-2-17(14-32)28-24-29-22(21-23(30-24)31(15-27-21)18-6-3-4-7-18)26-13-16-9-10-19(25-12-16)20-8-5-11-33-20/h5,8-12,15,17-18,32H,2-4,6-7,13-14H2,1H3,(H2,26,28,29,30)/t17-/m1/s1. The molecule has 1 aliphatic carbocycles. The molecule has 4 aromatic rings. The number of hydrogen-bond acceptors (Lipinski definition) is 8. The van der Waals surface area contributed by atoms with Gasteiger partial charge in [-0.05, 0) is 43.0 Å². The number of aliphatic hydroxyl groups excluding tert-OH is 1. The van der Waals surface area contributed by atoms with Crippen LogP contribution in [0.4, 0.5) is 11.8 Å². The Bertz CT molecular complexity index is 1180. The molecule has 33 heavy (non-hydrogen) atoms. The van der Waals surface area contributed by atoms with Gasteiger partial charge >= 0.3 is 0 Å². The van der Waals surface area contributed by atoms with E-state index < -0.39 is 0 Å². The molecule has 5 rings (SSSR count). The molecular weight excluding hydrogens is 418 g/mol. The van der Waals surface area contributed by atoms with Gasteiger partial charge in [0, 0.05) is 18.8 Å². The third-order valence-corrected chi connectivity index (χ3v) is 6.24. The molecule has 1 atom stereocenters. The molecule has 4 heterocycles. The van der Waals surface area contributed by atoms with Crippen molar-refractivity contribution in [2.45, 2.75) is 57.7 Å². The van der Waals surface area contributed by atoms with Crippen LogP contribution >= 0.6 is 0 Å². The molecule has 0 amide bonds. The van der Waals surface area contributed by atoms with E-state index >= 15 is 0 Å². The van der Waals surface area contributed by atoms with Crippen LogP contribution in [-0.2, 0) is 6.54 Å². The van der Waals surface area contributed by atoms with Crippen molar-refractivity contribution < 1.29 is 9.52 Å². The zero-order chi connectivity index (χ0) is 22.6. The third-order valence-electron chi connectivity index (χ3n) is 6.24. The molecule has 4 aromatic heterocycles. The number of fused-ring (bicyclic) bond motifs is 1. The van der Waals surface area contributed by atoms with Crippen molar-refractivity contribution in [2.24, 2.45) is 0 Å². The van der Waals surface area contributed by atoms with E-state index in [0.717, 1.165) is 47.4 Å². The smallest absolute Gasteiger partial charge is 0.227 e. The van der Waals surface area contributed by atoms with Crippen molar-refractivity contribution in [1.82, 2.24) is 24.5 Å². The average molecular weight is 448 g/mol.